The molecule has 0 amide bonds. The molecule has 1 aromatic heterocycles. The zero-order chi connectivity index (χ0) is 23.8. The summed E-state index contributed by atoms with van der Waals surface area (Å²) in [6.07, 6.45) is 4.43. The summed E-state index contributed by atoms with van der Waals surface area (Å²) in [4.78, 5) is 14.9. The van der Waals surface area contributed by atoms with Crippen LogP contribution in [0.2, 0.25) is 0 Å². The van der Waals surface area contributed by atoms with Gasteiger partial charge in [0.2, 0.25) is 0 Å². The molecule has 3 atom stereocenters. The van der Waals surface area contributed by atoms with Gasteiger partial charge in [0.25, 0.3) is 0 Å². The van der Waals surface area contributed by atoms with Crippen molar-refractivity contribution in [1.29, 1.82) is 0 Å². The topological polar surface area (TPSA) is 53.7 Å². The van der Waals surface area contributed by atoms with Crippen LogP contribution in [0.4, 0.5) is 5.69 Å². The molecule has 3 unspecified atom stereocenters. The van der Waals surface area contributed by atoms with Crippen LogP contribution in [0.15, 0.2) is 45.6 Å². The SMILES string of the molecule is CCN(CC)c1ccc2cc(C#Cc3cc(C)c4c(c3)CCC3C(CO)C3CC4)c(=O)oc2c1. The Morgan fingerprint density at radius 1 is 1.03 bits per heavy atom. The Labute approximate surface area is 201 Å². The first-order valence-corrected chi connectivity index (χ1v) is 12.6. The average molecular weight is 456 g/mol. The second-order valence-electron chi connectivity index (χ2n) is 9.77. The van der Waals surface area contributed by atoms with Crippen molar-refractivity contribution in [3.8, 4) is 11.8 Å². The lowest BCUT2D eigenvalue weighted by Crippen LogP contribution is -2.21. The summed E-state index contributed by atoms with van der Waals surface area (Å²) in [6.45, 7) is 8.52. The average Bonchev–Trinajstić information content (AvgIpc) is 3.50. The highest BCUT2D eigenvalue weighted by Gasteiger charge is 2.48. The summed E-state index contributed by atoms with van der Waals surface area (Å²) < 4.78 is 5.64. The lowest BCUT2D eigenvalue weighted by molar-refractivity contribution is 0.262. The van der Waals surface area contributed by atoms with Crippen molar-refractivity contribution in [2.24, 2.45) is 17.8 Å². The number of aryl methyl sites for hydroxylation is 2. The van der Waals surface area contributed by atoms with Crippen LogP contribution in [-0.4, -0.2) is 24.8 Å². The number of aliphatic hydroxyl groups is 1. The molecule has 176 valence electrons. The van der Waals surface area contributed by atoms with Gasteiger partial charge in [-0.25, -0.2) is 4.79 Å². The van der Waals surface area contributed by atoms with Crippen molar-refractivity contribution >= 4 is 16.7 Å². The van der Waals surface area contributed by atoms with E-state index in [4.69, 9.17) is 4.42 Å². The van der Waals surface area contributed by atoms with Gasteiger partial charge in [0, 0.05) is 42.4 Å². The molecular weight excluding hydrogens is 422 g/mol. The minimum Gasteiger partial charge on any atom is -0.422 e. The quantitative estimate of drug-likeness (QED) is 0.440. The number of anilines is 1. The van der Waals surface area contributed by atoms with Crippen LogP contribution in [0.1, 0.15) is 54.5 Å². The Hall–Kier alpha value is -3.03. The van der Waals surface area contributed by atoms with Crippen molar-refractivity contribution in [2.45, 2.75) is 46.5 Å². The number of fused-ring (bicyclic) bond motifs is 3. The maximum atomic E-state index is 12.7. The second kappa shape index (κ2) is 9.31. The van der Waals surface area contributed by atoms with Crippen LogP contribution < -0.4 is 10.5 Å². The lowest BCUT2D eigenvalue weighted by atomic mass is 9.89. The Morgan fingerprint density at radius 2 is 1.79 bits per heavy atom. The Morgan fingerprint density at radius 3 is 2.53 bits per heavy atom. The highest BCUT2D eigenvalue weighted by atomic mass is 16.4. The minimum absolute atomic E-state index is 0.326. The van der Waals surface area contributed by atoms with Crippen molar-refractivity contribution in [2.75, 3.05) is 24.6 Å². The molecule has 4 heteroatoms. The summed E-state index contributed by atoms with van der Waals surface area (Å²) in [5.41, 5.74) is 6.68. The number of aliphatic hydroxyl groups excluding tert-OH is 1. The molecule has 0 bridgehead atoms. The van der Waals surface area contributed by atoms with Gasteiger partial charge in [0.15, 0.2) is 0 Å². The van der Waals surface area contributed by atoms with E-state index in [9.17, 15) is 9.90 Å². The zero-order valence-corrected chi connectivity index (χ0v) is 20.4. The molecule has 0 aliphatic heterocycles. The lowest BCUT2D eigenvalue weighted by Gasteiger charge is -2.20. The van der Waals surface area contributed by atoms with Crippen LogP contribution in [0, 0.1) is 36.5 Å². The van der Waals surface area contributed by atoms with Crippen molar-refractivity contribution in [1.82, 2.24) is 0 Å². The molecule has 2 aromatic carbocycles. The van der Waals surface area contributed by atoms with E-state index in [2.05, 4.69) is 55.7 Å². The fourth-order valence-electron chi connectivity index (χ4n) is 5.94. The van der Waals surface area contributed by atoms with Crippen LogP contribution in [0.25, 0.3) is 11.0 Å². The Bertz CT molecular complexity index is 1340. The number of hydrogen-bond donors (Lipinski definition) is 1. The summed E-state index contributed by atoms with van der Waals surface area (Å²) in [5, 5.41) is 10.5. The van der Waals surface area contributed by atoms with Gasteiger partial charge >= 0.3 is 5.63 Å². The van der Waals surface area contributed by atoms with E-state index in [0.717, 1.165) is 49.0 Å². The monoisotopic (exact) mass is 455 g/mol. The summed E-state index contributed by atoms with van der Waals surface area (Å²) in [5.74, 6) is 8.18. The van der Waals surface area contributed by atoms with E-state index in [-0.39, 0.29) is 0 Å². The van der Waals surface area contributed by atoms with Gasteiger partial charge in [-0.15, -0.1) is 0 Å². The van der Waals surface area contributed by atoms with Crippen LogP contribution in [-0.2, 0) is 12.8 Å². The van der Waals surface area contributed by atoms with Gasteiger partial charge < -0.3 is 14.4 Å². The third-order valence-electron chi connectivity index (χ3n) is 7.95. The number of rotatable bonds is 4. The maximum Gasteiger partial charge on any atom is 0.352 e. The molecule has 2 aliphatic carbocycles. The van der Waals surface area contributed by atoms with Crippen molar-refractivity contribution in [3.05, 3.63) is 74.6 Å². The summed E-state index contributed by atoms with van der Waals surface area (Å²) in [7, 11) is 0. The molecule has 1 fully saturated rings. The number of hydrogen-bond acceptors (Lipinski definition) is 4. The summed E-state index contributed by atoms with van der Waals surface area (Å²) in [6, 6.07) is 12.2. The molecule has 1 heterocycles. The predicted octanol–water partition coefficient (Wildman–Crippen LogP) is 5.08. The van der Waals surface area contributed by atoms with E-state index < -0.39 is 5.63 Å². The third-order valence-corrected chi connectivity index (χ3v) is 7.95. The van der Waals surface area contributed by atoms with E-state index in [1.807, 2.05) is 18.2 Å². The van der Waals surface area contributed by atoms with Gasteiger partial charge in [-0.2, -0.15) is 0 Å². The first kappa shape index (κ1) is 22.7. The van der Waals surface area contributed by atoms with Gasteiger partial charge in [-0.3, -0.25) is 0 Å². The molecule has 5 rings (SSSR count). The van der Waals surface area contributed by atoms with Gasteiger partial charge in [0.05, 0.1) is 0 Å². The highest BCUT2D eigenvalue weighted by Crippen LogP contribution is 2.52. The van der Waals surface area contributed by atoms with E-state index >= 15 is 0 Å². The standard InChI is InChI=1S/C30H33NO3/c1-4-31(5-2)24-10-8-22-16-23(30(33)34-29(22)17-24)7-6-20-14-19(3)25-12-13-27-26(28(27)18-32)11-9-21(25)15-20/h8,10,14-17,26-28,32H,4-5,9,11-13,18H2,1-3H3. The molecule has 34 heavy (non-hydrogen) atoms. The Kier molecular flexibility index (Phi) is 6.23. The Balaban J connectivity index is 1.42. The first-order chi connectivity index (χ1) is 16.5. The van der Waals surface area contributed by atoms with E-state index in [1.165, 1.54) is 23.1 Å². The predicted molar refractivity (Wildman–Crippen MR) is 137 cm³/mol. The van der Waals surface area contributed by atoms with Crippen LogP contribution in [0.3, 0.4) is 0 Å². The largest absolute Gasteiger partial charge is 0.422 e. The van der Waals surface area contributed by atoms with Crippen molar-refractivity contribution < 1.29 is 9.52 Å². The van der Waals surface area contributed by atoms with E-state index in [1.54, 1.807) is 0 Å². The van der Waals surface area contributed by atoms with Crippen molar-refractivity contribution in [3.63, 3.8) is 0 Å². The zero-order valence-electron chi connectivity index (χ0n) is 20.4. The van der Waals surface area contributed by atoms with Gasteiger partial charge in [0.1, 0.15) is 11.1 Å². The van der Waals surface area contributed by atoms with Crippen LogP contribution >= 0.6 is 0 Å². The van der Waals surface area contributed by atoms with Gasteiger partial charge in [-0.05, 0) is 111 Å². The second-order valence-corrected chi connectivity index (χ2v) is 9.77. The molecular formula is C30H33NO3. The number of nitrogens with zero attached hydrogens (tertiary/aromatic N) is 1. The van der Waals surface area contributed by atoms with E-state index in [0.29, 0.717) is 35.5 Å². The summed E-state index contributed by atoms with van der Waals surface area (Å²) >= 11 is 0. The highest BCUT2D eigenvalue weighted by molar-refractivity contribution is 5.81. The fourth-order valence-corrected chi connectivity index (χ4v) is 5.94. The molecule has 2 aliphatic rings. The smallest absolute Gasteiger partial charge is 0.352 e. The molecule has 4 nitrogen and oxygen atoms in total. The van der Waals surface area contributed by atoms with Crippen LogP contribution in [0.5, 0.6) is 0 Å². The normalized spacial score (nSPS) is 21.0. The third kappa shape index (κ3) is 4.26. The minimum atomic E-state index is -0.394. The molecule has 0 spiro atoms. The maximum absolute atomic E-state index is 12.7. The molecule has 1 saturated carbocycles. The first-order valence-electron chi connectivity index (χ1n) is 12.6. The molecule has 3 aromatic rings. The number of benzene rings is 2. The van der Waals surface area contributed by atoms with Gasteiger partial charge in [-0.1, -0.05) is 11.8 Å². The molecule has 1 N–H and O–H groups in total. The fraction of sp³-hybridized carbons (Fsp3) is 0.433. The molecule has 0 saturated heterocycles. The molecule has 0 radical (unpaired) electrons.